The second kappa shape index (κ2) is 5.79. The van der Waals surface area contributed by atoms with E-state index in [9.17, 15) is 9.18 Å². The predicted octanol–water partition coefficient (Wildman–Crippen LogP) is 3.32. The standard InChI is InChI=1S/C14H12ClFN2O2/c1-20-13-5-3-9(7-11(13)16)18-14(19)10-4-2-8(15)6-12(10)17/h2-7H,17H2,1H3,(H,18,19). The lowest BCUT2D eigenvalue weighted by atomic mass is 10.1. The van der Waals surface area contributed by atoms with Crippen molar-refractivity contribution in [3.05, 3.63) is 52.8 Å². The van der Waals surface area contributed by atoms with Crippen molar-refractivity contribution in [1.29, 1.82) is 0 Å². The lowest BCUT2D eigenvalue weighted by molar-refractivity contribution is 0.102. The third-order valence-electron chi connectivity index (χ3n) is 2.67. The van der Waals surface area contributed by atoms with Gasteiger partial charge in [0.15, 0.2) is 11.6 Å². The molecule has 2 aromatic rings. The monoisotopic (exact) mass is 294 g/mol. The van der Waals surface area contributed by atoms with Crippen LogP contribution in [-0.4, -0.2) is 13.0 Å². The zero-order valence-electron chi connectivity index (χ0n) is 10.6. The summed E-state index contributed by atoms with van der Waals surface area (Å²) in [6.45, 7) is 0. The van der Waals surface area contributed by atoms with Gasteiger partial charge in [-0.2, -0.15) is 0 Å². The molecule has 104 valence electrons. The van der Waals surface area contributed by atoms with Crippen molar-refractivity contribution < 1.29 is 13.9 Å². The zero-order valence-corrected chi connectivity index (χ0v) is 11.4. The SMILES string of the molecule is COc1ccc(NC(=O)c2ccc(Cl)cc2N)cc1F. The van der Waals surface area contributed by atoms with Gasteiger partial charge in [-0.25, -0.2) is 4.39 Å². The number of carbonyl (C=O) groups is 1. The molecule has 1 amide bonds. The molecule has 0 radical (unpaired) electrons. The second-order valence-electron chi connectivity index (χ2n) is 4.04. The first-order chi connectivity index (χ1) is 9.51. The van der Waals surface area contributed by atoms with Gasteiger partial charge < -0.3 is 15.8 Å². The van der Waals surface area contributed by atoms with Crippen LogP contribution in [0.5, 0.6) is 5.75 Å². The summed E-state index contributed by atoms with van der Waals surface area (Å²) in [7, 11) is 1.37. The van der Waals surface area contributed by atoms with Gasteiger partial charge in [-0.05, 0) is 30.3 Å². The van der Waals surface area contributed by atoms with E-state index in [1.807, 2.05) is 0 Å². The molecule has 0 spiro atoms. The minimum Gasteiger partial charge on any atom is -0.494 e. The van der Waals surface area contributed by atoms with Gasteiger partial charge >= 0.3 is 0 Å². The number of rotatable bonds is 3. The van der Waals surface area contributed by atoms with Crippen molar-refractivity contribution in [2.75, 3.05) is 18.2 Å². The maximum absolute atomic E-state index is 13.5. The maximum Gasteiger partial charge on any atom is 0.257 e. The molecule has 0 atom stereocenters. The van der Waals surface area contributed by atoms with Gasteiger partial charge in [-0.3, -0.25) is 4.79 Å². The van der Waals surface area contributed by atoms with Gasteiger partial charge in [-0.1, -0.05) is 11.6 Å². The first kappa shape index (κ1) is 14.1. The molecular formula is C14H12ClFN2O2. The van der Waals surface area contributed by atoms with Crippen LogP contribution in [0, 0.1) is 5.82 Å². The molecule has 6 heteroatoms. The number of carbonyl (C=O) groups excluding carboxylic acids is 1. The first-order valence-electron chi connectivity index (χ1n) is 5.71. The summed E-state index contributed by atoms with van der Waals surface area (Å²) in [4.78, 5) is 12.0. The van der Waals surface area contributed by atoms with Crippen LogP contribution in [0.1, 0.15) is 10.4 Å². The second-order valence-corrected chi connectivity index (χ2v) is 4.47. The summed E-state index contributed by atoms with van der Waals surface area (Å²) in [5.41, 5.74) is 6.54. The van der Waals surface area contributed by atoms with E-state index in [0.717, 1.165) is 0 Å². The molecule has 0 heterocycles. The number of amides is 1. The number of nitrogens with one attached hydrogen (secondary N) is 1. The molecule has 0 aliphatic heterocycles. The molecular weight excluding hydrogens is 283 g/mol. The average molecular weight is 295 g/mol. The molecule has 0 fully saturated rings. The van der Waals surface area contributed by atoms with Gasteiger partial charge in [0.05, 0.1) is 12.7 Å². The first-order valence-corrected chi connectivity index (χ1v) is 6.09. The van der Waals surface area contributed by atoms with Crippen molar-refractivity contribution in [1.82, 2.24) is 0 Å². The number of benzene rings is 2. The number of halogens is 2. The van der Waals surface area contributed by atoms with E-state index in [0.29, 0.717) is 10.7 Å². The molecule has 0 bridgehead atoms. The molecule has 0 aliphatic carbocycles. The fraction of sp³-hybridized carbons (Fsp3) is 0.0714. The van der Waals surface area contributed by atoms with Crippen LogP contribution in [0.15, 0.2) is 36.4 Å². The van der Waals surface area contributed by atoms with Crippen LogP contribution >= 0.6 is 11.6 Å². The Kier molecular flexibility index (Phi) is 4.10. The zero-order chi connectivity index (χ0) is 14.7. The fourth-order valence-electron chi connectivity index (χ4n) is 1.68. The largest absolute Gasteiger partial charge is 0.494 e. The van der Waals surface area contributed by atoms with Crippen LogP contribution in [0.2, 0.25) is 5.02 Å². The number of anilines is 2. The summed E-state index contributed by atoms with van der Waals surface area (Å²) < 4.78 is 18.3. The van der Waals surface area contributed by atoms with Crippen LogP contribution in [0.4, 0.5) is 15.8 Å². The smallest absolute Gasteiger partial charge is 0.257 e. The summed E-state index contributed by atoms with van der Waals surface area (Å²) in [6, 6.07) is 8.67. The molecule has 0 unspecified atom stereocenters. The van der Waals surface area contributed by atoms with Gasteiger partial charge in [0.25, 0.3) is 5.91 Å². The highest BCUT2D eigenvalue weighted by molar-refractivity contribution is 6.31. The molecule has 4 nitrogen and oxygen atoms in total. The highest BCUT2D eigenvalue weighted by Gasteiger charge is 2.11. The third kappa shape index (κ3) is 3.00. The Hall–Kier alpha value is -2.27. The van der Waals surface area contributed by atoms with Crippen LogP contribution < -0.4 is 15.8 Å². The number of hydrogen-bond donors (Lipinski definition) is 2. The van der Waals surface area contributed by atoms with Gasteiger partial charge in [0, 0.05) is 22.5 Å². The summed E-state index contributed by atoms with van der Waals surface area (Å²) in [5, 5.41) is 2.99. The van der Waals surface area contributed by atoms with Crippen molar-refractivity contribution >= 4 is 28.9 Å². The van der Waals surface area contributed by atoms with E-state index < -0.39 is 11.7 Å². The van der Waals surface area contributed by atoms with Gasteiger partial charge in [-0.15, -0.1) is 0 Å². The van der Waals surface area contributed by atoms with E-state index >= 15 is 0 Å². The van der Waals surface area contributed by atoms with Crippen molar-refractivity contribution in [2.45, 2.75) is 0 Å². The van der Waals surface area contributed by atoms with Gasteiger partial charge in [0.1, 0.15) is 0 Å². The van der Waals surface area contributed by atoms with E-state index in [-0.39, 0.29) is 17.0 Å². The molecule has 2 aromatic carbocycles. The molecule has 0 saturated heterocycles. The number of ether oxygens (including phenoxy) is 1. The van der Waals surface area contributed by atoms with E-state index in [1.165, 1.54) is 37.4 Å². The summed E-state index contributed by atoms with van der Waals surface area (Å²) in [6.07, 6.45) is 0. The Morgan fingerprint density at radius 2 is 2.05 bits per heavy atom. The molecule has 2 rings (SSSR count). The predicted molar refractivity (Wildman–Crippen MR) is 76.8 cm³/mol. The van der Waals surface area contributed by atoms with Gasteiger partial charge in [0.2, 0.25) is 0 Å². The number of methoxy groups -OCH3 is 1. The lowest BCUT2D eigenvalue weighted by Gasteiger charge is -2.09. The normalized spacial score (nSPS) is 10.2. The maximum atomic E-state index is 13.5. The number of nitrogen functional groups attached to an aromatic ring is 1. The lowest BCUT2D eigenvalue weighted by Crippen LogP contribution is -2.14. The van der Waals surface area contributed by atoms with Crippen molar-refractivity contribution in [2.24, 2.45) is 0 Å². The minimum absolute atomic E-state index is 0.106. The van der Waals surface area contributed by atoms with Crippen LogP contribution in [0.3, 0.4) is 0 Å². The fourth-order valence-corrected chi connectivity index (χ4v) is 1.86. The Morgan fingerprint density at radius 1 is 1.30 bits per heavy atom. The summed E-state index contributed by atoms with van der Waals surface area (Å²) >= 11 is 5.76. The summed E-state index contributed by atoms with van der Waals surface area (Å²) in [5.74, 6) is -0.896. The average Bonchev–Trinajstić information content (AvgIpc) is 2.38. The molecule has 3 N–H and O–H groups in total. The van der Waals surface area contributed by atoms with Crippen molar-refractivity contribution in [3.63, 3.8) is 0 Å². The minimum atomic E-state index is -0.561. The molecule has 0 aromatic heterocycles. The Bertz CT molecular complexity index is 662. The number of nitrogens with two attached hydrogens (primary N) is 1. The quantitative estimate of drug-likeness (QED) is 0.854. The number of hydrogen-bond acceptors (Lipinski definition) is 3. The van der Waals surface area contributed by atoms with E-state index in [1.54, 1.807) is 6.07 Å². The highest BCUT2D eigenvalue weighted by atomic mass is 35.5. The van der Waals surface area contributed by atoms with Crippen molar-refractivity contribution in [3.8, 4) is 5.75 Å². The van der Waals surface area contributed by atoms with E-state index in [4.69, 9.17) is 22.1 Å². The van der Waals surface area contributed by atoms with Crippen LogP contribution in [-0.2, 0) is 0 Å². The molecule has 0 aliphatic rings. The van der Waals surface area contributed by atoms with Crippen LogP contribution in [0.25, 0.3) is 0 Å². The third-order valence-corrected chi connectivity index (χ3v) is 2.90. The van der Waals surface area contributed by atoms with E-state index in [2.05, 4.69) is 5.32 Å². The Labute approximate surface area is 120 Å². The topological polar surface area (TPSA) is 64.3 Å². The molecule has 20 heavy (non-hydrogen) atoms. The highest BCUT2D eigenvalue weighted by Crippen LogP contribution is 2.23. The molecule has 0 saturated carbocycles. The Balaban J connectivity index is 2.21. The Morgan fingerprint density at radius 3 is 2.65 bits per heavy atom.